The SMILES string of the molecule is [B]c1c([B])c(C(=O)Nc2cc3nc(-c4cncn4C)ccc3cn2)c([B])c([B])c1F. The van der Waals surface area contributed by atoms with Crippen LogP contribution in [0, 0.1) is 5.82 Å². The van der Waals surface area contributed by atoms with Gasteiger partial charge in [0.1, 0.15) is 43.0 Å². The highest BCUT2D eigenvalue weighted by Crippen LogP contribution is 2.21. The maximum atomic E-state index is 13.9. The van der Waals surface area contributed by atoms with E-state index in [0.29, 0.717) is 11.2 Å². The molecule has 136 valence electrons. The lowest BCUT2D eigenvalue weighted by Crippen LogP contribution is -2.49. The summed E-state index contributed by atoms with van der Waals surface area (Å²) in [5.41, 5.74) is 0.434. The molecule has 1 amide bonds. The van der Waals surface area contributed by atoms with Crippen molar-refractivity contribution in [2.24, 2.45) is 7.05 Å². The quantitative estimate of drug-likeness (QED) is 0.440. The normalized spacial score (nSPS) is 11.0. The molecule has 8 radical (unpaired) electrons. The van der Waals surface area contributed by atoms with E-state index in [0.717, 1.165) is 11.1 Å². The Hall–Kier alpha value is -3.35. The maximum absolute atomic E-state index is 13.9. The van der Waals surface area contributed by atoms with E-state index >= 15 is 0 Å². The van der Waals surface area contributed by atoms with Crippen LogP contribution in [0.15, 0.2) is 36.9 Å². The van der Waals surface area contributed by atoms with Crippen molar-refractivity contribution in [3.63, 3.8) is 0 Å². The Balaban J connectivity index is 1.71. The molecular weight excluding hydrogens is 376 g/mol. The summed E-state index contributed by atoms with van der Waals surface area (Å²) in [6.45, 7) is 0. The molecule has 0 saturated carbocycles. The zero-order valence-corrected chi connectivity index (χ0v) is 15.8. The van der Waals surface area contributed by atoms with Crippen LogP contribution in [0.4, 0.5) is 10.2 Å². The molecule has 0 aliphatic heterocycles. The van der Waals surface area contributed by atoms with E-state index in [9.17, 15) is 9.18 Å². The van der Waals surface area contributed by atoms with Gasteiger partial charge >= 0.3 is 0 Å². The van der Waals surface area contributed by atoms with Gasteiger partial charge in [0.25, 0.3) is 5.91 Å². The fourth-order valence-corrected chi connectivity index (χ4v) is 3.05. The van der Waals surface area contributed by atoms with Gasteiger partial charge in [-0.25, -0.2) is 19.3 Å². The number of nitrogens with zero attached hydrogens (tertiary/aromatic N) is 4. The van der Waals surface area contributed by atoms with Crippen LogP contribution >= 0.6 is 0 Å². The van der Waals surface area contributed by atoms with Gasteiger partial charge in [0.05, 0.1) is 29.4 Å². The van der Waals surface area contributed by atoms with Crippen LogP contribution in [0.1, 0.15) is 10.4 Å². The third-order valence-corrected chi connectivity index (χ3v) is 4.71. The number of benzene rings is 1. The molecule has 0 aliphatic rings. The number of halogens is 1. The first-order valence-corrected chi connectivity index (χ1v) is 8.74. The van der Waals surface area contributed by atoms with E-state index in [1.807, 2.05) is 23.7 Å². The number of fused-ring (bicyclic) bond motifs is 1. The fraction of sp³-hybridized carbons (Fsp3) is 0.0526. The number of hydrogen-bond donors (Lipinski definition) is 1. The van der Waals surface area contributed by atoms with Crippen molar-refractivity contribution in [1.29, 1.82) is 0 Å². The molecule has 3 heterocycles. The van der Waals surface area contributed by atoms with Gasteiger partial charge in [-0.15, -0.1) is 0 Å². The lowest BCUT2D eigenvalue weighted by molar-refractivity contribution is 0.102. The lowest BCUT2D eigenvalue weighted by Gasteiger charge is -2.18. The van der Waals surface area contributed by atoms with Crippen LogP contribution in [0.5, 0.6) is 0 Å². The number of amides is 1. The van der Waals surface area contributed by atoms with Gasteiger partial charge < -0.3 is 9.88 Å². The second kappa shape index (κ2) is 7.48. The number of anilines is 1. The first kappa shape index (κ1) is 19.9. The van der Waals surface area contributed by atoms with E-state index in [-0.39, 0.29) is 22.3 Å². The lowest BCUT2D eigenvalue weighted by atomic mass is 9.66. The highest BCUT2D eigenvalue weighted by atomic mass is 19.1. The minimum Gasteiger partial charge on any atom is -0.332 e. The summed E-state index contributed by atoms with van der Waals surface area (Å²) in [6, 6.07) is 5.31. The fourth-order valence-electron chi connectivity index (χ4n) is 3.05. The number of pyridine rings is 2. The van der Waals surface area contributed by atoms with Crippen molar-refractivity contribution in [1.82, 2.24) is 19.5 Å². The first-order valence-electron chi connectivity index (χ1n) is 8.74. The molecule has 4 rings (SSSR count). The summed E-state index contributed by atoms with van der Waals surface area (Å²) in [4.78, 5) is 25.6. The van der Waals surface area contributed by atoms with Gasteiger partial charge in [-0.3, -0.25) is 4.79 Å². The Morgan fingerprint density at radius 2 is 1.77 bits per heavy atom. The molecule has 0 atom stereocenters. The molecule has 0 aliphatic carbocycles. The van der Waals surface area contributed by atoms with Crippen molar-refractivity contribution in [3.05, 3.63) is 48.3 Å². The van der Waals surface area contributed by atoms with Crippen molar-refractivity contribution in [2.45, 2.75) is 0 Å². The topological polar surface area (TPSA) is 72.7 Å². The first-order chi connectivity index (χ1) is 14.3. The van der Waals surface area contributed by atoms with E-state index in [1.54, 1.807) is 24.8 Å². The van der Waals surface area contributed by atoms with Gasteiger partial charge in [-0.2, -0.15) is 0 Å². The number of aryl methyl sites for hydroxylation is 1. The standard InChI is InChI=1S/C19H10B4FN5O/c1-29-7-25-6-11(29)9-3-2-8-5-26-12(4-10(8)27-9)28-19(30)13-14(20)16(22)18(24)17(23)15(13)21/h2-7H,1H3,(H,26,28,30). The van der Waals surface area contributed by atoms with Gasteiger partial charge in [0.2, 0.25) is 0 Å². The van der Waals surface area contributed by atoms with Crippen LogP contribution in [-0.2, 0) is 7.05 Å². The molecule has 0 bridgehead atoms. The summed E-state index contributed by atoms with van der Waals surface area (Å²) in [6.07, 6.45) is 4.94. The minimum absolute atomic E-state index is 0.197. The van der Waals surface area contributed by atoms with Gasteiger partial charge in [0, 0.05) is 30.3 Å². The Labute approximate surface area is 177 Å². The average Bonchev–Trinajstić information content (AvgIpc) is 3.16. The smallest absolute Gasteiger partial charge is 0.255 e. The van der Waals surface area contributed by atoms with Crippen LogP contribution < -0.4 is 27.2 Å². The van der Waals surface area contributed by atoms with Gasteiger partial charge in [-0.1, -0.05) is 21.9 Å². The number of rotatable bonds is 3. The monoisotopic (exact) mass is 387 g/mol. The molecule has 0 spiro atoms. The van der Waals surface area contributed by atoms with Gasteiger partial charge in [-0.05, 0) is 12.1 Å². The molecule has 1 aromatic carbocycles. The van der Waals surface area contributed by atoms with Crippen molar-refractivity contribution in [3.8, 4) is 11.4 Å². The third kappa shape index (κ3) is 3.30. The van der Waals surface area contributed by atoms with Crippen LogP contribution in [0.3, 0.4) is 0 Å². The highest BCUT2D eigenvalue weighted by Gasteiger charge is 2.19. The third-order valence-electron chi connectivity index (χ3n) is 4.71. The molecule has 0 fully saturated rings. The Morgan fingerprint density at radius 3 is 2.40 bits per heavy atom. The summed E-state index contributed by atoms with van der Waals surface area (Å²) < 4.78 is 15.8. The summed E-state index contributed by atoms with van der Waals surface area (Å²) >= 11 is 0. The second-order valence-corrected chi connectivity index (χ2v) is 6.65. The van der Waals surface area contributed by atoms with Crippen LogP contribution in [0.2, 0.25) is 0 Å². The molecule has 0 unspecified atom stereocenters. The zero-order valence-electron chi connectivity index (χ0n) is 15.8. The highest BCUT2D eigenvalue weighted by molar-refractivity contribution is 6.59. The largest absolute Gasteiger partial charge is 0.332 e. The molecule has 3 aromatic heterocycles. The number of carbonyl (C=O) groups is 1. The number of aromatic nitrogens is 4. The molecule has 30 heavy (non-hydrogen) atoms. The molecule has 6 nitrogen and oxygen atoms in total. The number of carbonyl (C=O) groups excluding carboxylic acids is 1. The average molecular weight is 387 g/mol. The van der Waals surface area contributed by atoms with Gasteiger partial charge in [0.15, 0.2) is 0 Å². The Bertz CT molecular complexity index is 1300. The van der Waals surface area contributed by atoms with E-state index in [4.69, 9.17) is 31.4 Å². The predicted molar refractivity (Wildman–Crippen MR) is 118 cm³/mol. The molecular formula is C19H10B4FN5O. The Morgan fingerprint density at radius 1 is 1.07 bits per heavy atom. The van der Waals surface area contributed by atoms with E-state index in [2.05, 4.69) is 20.3 Å². The molecule has 4 aromatic rings. The maximum Gasteiger partial charge on any atom is 0.255 e. The predicted octanol–water partition coefficient (Wildman–Crippen LogP) is -1.40. The zero-order chi connectivity index (χ0) is 21.6. The number of hydrogen-bond acceptors (Lipinski definition) is 4. The van der Waals surface area contributed by atoms with E-state index in [1.165, 1.54) is 0 Å². The number of nitrogens with one attached hydrogen (secondary N) is 1. The molecule has 1 N–H and O–H groups in total. The van der Waals surface area contributed by atoms with Crippen LogP contribution in [-0.4, -0.2) is 56.8 Å². The van der Waals surface area contributed by atoms with Crippen LogP contribution in [0.25, 0.3) is 22.3 Å². The molecule has 0 saturated heterocycles. The summed E-state index contributed by atoms with van der Waals surface area (Å²) in [7, 11) is 24.6. The minimum atomic E-state index is -0.961. The van der Waals surface area contributed by atoms with Crippen molar-refractivity contribution < 1.29 is 9.18 Å². The second-order valence-electron chi connectivity index (χ2n) is 6.65. The number of imidazole rings is 1. The summed E-state index contributed by atoms with van der Waals surface area (Å²) in [5.74, 6) is -1.49. The van der Waals surface area contributed by atoms with E-state index < -0.39 is 22.7 Å². The van der Waals surface area contributed by atoms with Crippen molar-refractivity contribution >= 4 is 75.9 Å². The molecule has 11 heteroatoms. The Kier molecular flexibility index (Phi) is 4.97. The van der Waals surface area contributed by atoms with Crippen molar-refractivity contribution in [2.75, 3.05) is 5.32 Å². The summed E-state index contributed by atoms with van der Waals surface area (Å²) in [5, 5.41) is 3.34.